The fourth-order valence-corrected chi connectivity index (χ4v) is 1.69. The Morgan fingerprint density at radius 3 is 2.09 bits per heavy atom. The average molecular weight is 310 g/mol. The lowest BCUT2D eigenvalue weighted by molar-refractivity contribution is -0.145. The summed E-state index contributed by atoms with van der Waals surface area (Å²) in [5.74, 6) is -0.169. The maximum absolute atomic E-state index is 11.1. The van der Waals surface area contributed by atoms with E-state index in [-0.39, 0.29) is 5.97 Å². The van der Waals surface area contributed by atoms with E-state index in [0.717, 1.165) is 12.0 Å². The van der Waals surface area contributed by atoms with Crippen molar-refractivity contribution in [1.82, 2.24) is 0 Å². The van der Waals surface area contributed by atoms with Gasteiger partial charge in [0, 0.05) is 6.42 Å². The summed E-state index contributed by atoms with van der Waals surface area (Å²) in [7, 11) is 0. The van der Waals surface area contributed by atoms with Crippen LogP contribution >= 0.6 is 0 Å². The first kappa shape index (κ1) is 18.6. The molecule has 1 aromatic rings. The second-order valence-corrected chi connectivity index (χ2v) is 4.73. The SMILES string of the molecule is CCCC(=O)OCCOCCOCCOCc1ccccc1. The van der Waals surface area contributed by atoms with Gasteiger partial charge in [-0.2, -0.15) is 0 Å². The number of hydrogen-bond donors (Lipinski definition) is 0. The number of carbonyl (C=O) groups is 1. The zero-order valence-electron chi connectivity index (χ0n) is 13.3. The van der Waals surface area contributed by atoms with Crippen molar-refractivity contribution in [1.29, 1.82) is 0 Å². The van der Waals surface area contributed by atoms with Gasteiger partial charge in [0.05, 0.1) is 39.6 Å². The van der Waals surface area contributed by atoms with Crippen molar-refractivity contribution in [3.05, 3.63) is 35.9 Å². The van der Waals surface area contributed by atoms with Gasteiger partial charge in [-0.3, -0.25) is 4.79 Å². The van der Waals surface area contributed by atoms with E-state index >= 15 is 0 Å². The molecule has 5 heteroatoms. The highest BCUT2D eigenvalue weighted by molar-refractivity contribution is 5.69. The van der Waals surface area contributed by atoms with Crippen molar-refractivity contribution < 1.29 is 23.7 Å². The maximum atomic E-state index is 11.1. The molecule has 0 spiro atoms. The van der Waals surface area contributed by atoms with Gasteiger partial charge in [0.25, 0.3) is 0 Å². The van der Waals surface area contributed by atoms with Crippen LogP contribution in [0.1, 0.15) is 25.3 Å². The Kier molecular flexibility index (Phi) is 11.2. The Hall–Kier alpha value is -1.43. The predicted octanol–water partition coefficient (Wildman–Crippen LogP) is 2.58. The third kappa shape index (κ3) is 10.3. The summed E-state index contributed by atoms with van der Waals surface area (Å²) in [6, 6.07) is 10.0. The van der Waals surface area contributed by atoms with Crippen LogP contribution in [0.4, 0.5) is 0 Å². The van der Waals surface area contributed by atoms with Gasteiger partial charge in [0.15, 0.2) is 0 Å². The third-order valence-corrected chi connectivity index (χ3v) is 2.80. The van der Waals surface area contributed by atoms with E-state index in [2.05, 4.69) is 0 Å². The summed E-state index contributed by atoms with van der Waals surface area (Å²) in [5, 5.41) is 0. The highest BCUT2D eigenvalue weighted by Gasteiger charge is 1.99. The van der Waals surface area contributed by atoms with Gasteiger partial charge in [0.1, 0.15) is 6.61 Å². The summed E-state index contributed by atoms with van der Waals surface area (Å²) in [4.78, 5) is 11.1. The first-order valence-corrected chi connectivity index (χ1v) is 7.75. The van der Waals surface area contributed by atoms with Crippen LogP contribution in [0.3, 0.4) is 0 Å². The lowest BCUT2D eigenvalue weighted by Gasteiger charge is -2.07. The topological polar surface area (TPSA) is 54.0 Å². The Balaban J connectivity index is 1.79. The van der Waals surface area contributed by atoms with Crippen molar-refractivity contribution in [3.63, 3.8) is 0 Å². The normalized spacial score (nSPS) is 10.6. The fourth-order valence-electron chi connectivity index (χ4n) is 1.69. The van der Waals surface area contributed by atoms with Crippen LogP contribution in [0.5, 0.6) is 0 Å². The number of esters is 1. The summed E-state index contributed by atoms with van der Waals surface area (Å²) < 4.78 is 21.1. The van der Waals surface area contributed by atoms with Crippen LogP contribution in [-0.4, -0.2) is 45.6 Å². The molecule has 0 radical (unpaired) electrons. The second kappa shape index (κ2) is 13.2. The molecular weight excluding hydrogens is 284 g/mol. The lowest BCUT2D eigenvalue weighted by atomic mass is 10.2. The Morgan fingerprint density at radius 1 is 0.864 bits per heavy atom. The fraction of sp³-hybridized carbons (Fsp3) is 0.588. The number of hydrogen-bond acceptors (Lipinski definition) is 5. The molecule has 0 aliphatic carbocycles. The molecule has 1 rings (SSSR count). The van der Waals surface area contributed by atoms with Crippen LogP contribution in [0.2, 0.25) is 0 Å². The zero-order chi connectivity index (χ0) is 15.9. The van der Waals surface area contributed by atoms with Crippen LogP contribution in [0.15, 0.2) is 30.3 Å². The van der Waals surface area contributed by atoms with Gasteiger partial charge in [-0.1, -0.05) is 37.3 Å². The summed E-state index contributed by atoms with van der Waals surface area (Å²) in [6.45, 7) is 5.36. The molecule has 5 nitrogen and oxygen atoms in total. The first-order valence-electron chi connectivity index (χ1n) is 7.75. The molecule has 124 valence electrons. The molecule has 0 bridgehead atoms. The predicted molar refractivity (Wildman–Crippen MR) is 83.6 cm³/mol. The summed E-state index contributed by atoms with van der Waals surface area (Å²) in [5.41, 5.74) is 1.16. The standard InChI is InChI=1S/C17H26O5/c1-2-6-17(18)22-14-13-20-10-9-19-11-12-21-15-16-7-4-3-5-8-16/h3-5,7-8H,2,6,9-15H2,1H3. The van der Waals surface area contributed by atoms with Crippen LogP contribution in [0, 0.1) is 0 Å². The number of rotatable bonds is 13. The minimum atomic E-state index is -0.169. The molecular formula is C17H26O5. The molecule has 0 amide bonds. The summed E-state index contributed by atoms with van der Waals surface area (Å²) in [6.07, 6.45) is 1.27. The van der Waals surface area contributed by atoms with Gasteiger partial charge < -0.3 is 18.9 Å². The Morgan fingerprint density at radius 2 is 1.45 bits per heavy atom. The number of ether oxygens (including phenoxy) is 4. The third-order valence-electron chi connectivity index (χ3n) is 2.80. The molecule has 0 aliphatic heterocycles. The van der Waals surface area contributed by atoms with E-state index in [1.807, 2.05) is 37.3 Å². The van der Waals surface area contributed by atoms with E-state index in [1.54, 1.807) is 0 Å². The molecule has 0 unspecified atom stereocenters. The number of benzene rings is 1. The van der Waals surface area contributed by atoms with E-state index < -0.39 is 0 Å². The van der Waals surface area contributed by atoms with Crippen molar-refractivity contribution in [2.24, 2.45) is 0 Å². The molecule has 1 aromatic carbocycles. The molecule has 0 aromatic heterocycles. The number of carbonyl (C=O) groups excluding carboxylic acids is 1. The van der Waals surface area contributed by atoms with Crippen molar-refractivity contribution >= 4 is 5.97 Å². The minimum Gasteiger partial charge on any atom is -0.463 e. The molecule has 0 fully saturated rings. The van der Waals surface area contributed by atoms with Gasteiger partial charge in [0.2, 0.25) is 0 Å². The van der Waals surface area contributed by atoms with E-state index in [1.165, 1.54) is 0 Å². The second-order valence-electron chi connectivity index (χ2n) is 4.73. The van der Waals surface area contributed by atoms with E-state index in [9.17, 15) is 4.79 Å². The van der Waals surface area contributed by atoms with E-state index in [4.69, 9.17) is 18.9 Å². The van der Waals surface area contributed by atoms with Gasteiger partial charge in [-0.25, -0.2) is 0 Å². The minimum absolute atomic E-state index is 0.169. The highest BCUT2D eigenvalue weighted by atomic mass is 16.6. The molecule has 0 saturated heterocycles. The average Bonchev–Trinajstić information content (AvgIpc) is 2.54. The van der Waals surface area contributed by atoms with Crippen LogP contribution in [-0.2, 0) is 30.3 Å². The molecule has 0 N–H and O–H groups in total. The highest BCUT2D eigenvalue weighted by Crippen LogP contribution is 1.99. The molecule has 0 aliphatic rings. The van der Waals surface area contributed by atoms with Crippen LogP contribution in [0.25, 0.3) is 0 Å². The van der Waals surface area contributed by atoms with Crippen molar-refractivity contribution in [2.45, 2.75) is 26.4 Å². The lowest BCUT2D eigenvalue weighted by Crippen LogP contribution is -2.13. The van der Waals surface area contributed by atoms with Crippen molar-refractivity contribution in [2.75, 3.05) is 39.6 Å². The van der Waals surface area contributed by atoms with Gasteiger partial charge in [-0.15, -0.1) is 0 Å². The molecule has 0 heterocycles. The van der Waals surface area contributed by atoms with Gasteiger partial charge >= 0.3 is 5.97 Å². The zero-order valence-corrected chi connectivity index (χ0v) is 13.3. The van der Waals surface area contributed by atoms with E-state index in [0.29, 0.717) is 52.7 Å². The molecule has 22 heavy (non-hydrogen) atoms. The largest absolute Gasteiger partial charge is 0.463 e. The Labute approximate surface area is 132 Å². The van der Waals surface area contributed by atoms with Crippen molar-refractivity contribution in [3.8, 4) is 0 Å². The molecule has 0 atom stereocenters. The first-order chi connectivity index (χ1) is 10.8. The van der Waals surface area contributed by atoms with Crippen LogP contribution < -0.4 is 0 Å². The molecule has 0 saturated carbocycles. The Bertz CT molecular complexity index is 380. The quantitative estimate of drug-likeness (QED) is 0.414. The summed E-state index contributed by atoms with van der Waals surface area (Å²) >= 11 is 0. The maximum Gasteiger partial charge on any atom is 0.305 e. The smallest absolute Gasteiger partial charge is 0.305 e. The monoisotopic (exact) mass is 310 g/mol. The van der Waals surface area contributed by atoms with Gasteiger partial charge in [-0.05, 0) is 12.0 Å².